The van der Waals surface area contributed by atoms with Crippen LogP contribution in [0.1, 0.15) is 47.4 Å². The number of carbonyl (C=O) groups is 1. The Kier molecular flexibility index (Phi) is 4.81. The van der Waals surface area contributed by atoms with Gasteiger partial charge < -0.3 is 9.64 Å². The minimum atomic E-state index is -0.245. The number of hydrogen-bond donors (Lipinski definition) is 0. The van der Waals surface area contributed by atoms with E-state index in [2.05, 4.69) is 16.2 Å². The number of aryl methyl sites for hydroxylation is 1. The zero-order chi connectivity index (χ0) is 18.0. The van der Waals surface area contributed by atoms with Crippen LogP contribution in [0.4, 0.5) is 0 Å². The summed E-state index contributed by atoms with van der Waals surface area (Å²) in [6, 6.07) is 7.58. The lowest BCUT2D eigenvalue weighted by Gasteiger charge is -2.27. The minimum absolute atomic E-state index is 0.0115. The summed E-state index contributed by atoms with van der Waals surface area (Å²) in [5.74, 6) is -0.245. The monoisotopic (exact) mass is 339 g/mol. The summed E-state index contributed by atoms with van der Waals surface area (Å²) in [6.45, 7) is 4.22. The van der Waals surface area contributed by atoms with Gasteiger partial charge in [-0.3, -0.25) is 14.5 Å². The van der Waals surface area contributed by atoms with Crippen LogP contribution >= 0.6 is 0 Å². The van der Waals surface area contributed by atoms with Gasteiger partial charge in [-0.1, -0.05) is 6.07 Å². The molecular weight excluding hydrogens is 318 g/mol. The van der Waals surface area contributed by atoms with Gasteiger partial charge in [-0.05, 0) is 26.0 Å². The molecule has 2 atom stereocenters. The largest absolute Gasteiger partial charge is 0.369 e. The first-order chi connectivity index (χ1) is 12.0. The van der Waals surface area contributed by atoms with Gasteiger partial charge in [0.15, 0.2) is 5.69 Å². The topological polar surface area (TPSA) is 84.0 Å². The van der Waals surface area contributed by atoms with E-state index in [1.165, 1.54) is 4.90 Å². The van der Waals surface area contributed by atoms with Crippen LogP contribution in [0, 0.1) is 11.3 Å². The molecule has 0 N–H and O–H groups in total. The van der Waals surface area contributed by atoms with E-state index in [1.54, 1.807) is 10.9 Å². The van der Waals surface area contributed by atoms with Crippen LogP contribution in [0.3, 0.4) is 0 Å². The number of rotatable bonds is 4. The standard InChI is InChI=1S/C18H21N5O2/c1-12-10-15-16(21-22(3)17(15)13(2)25-12)18(24)23(9-7-19)11-14-6-4-5-8-20-14/h4-6,8,12-13H,9-11H2,1-3H3/t12-,13+/m1/s1. The van der Waals surface area contributed by atoms with Crippen LogP contribution < -0.4 is 0 Å². The lowest BCUT2D eigenvalue weighted by molar-refractivity contribution is -0.00906. The molecule has 0 aromatic carbocycles. The van der Waals surface area contributed by atoms with Crippen molar-refractivity contribution < 1.29 is 9.53 Å². The Hall–Kier alpha value is -2.72. The second kappa shape index (κ2) is 7.03. The molecule has 2 aromatic rings. The van der Waals surface area contributed by atoms with Crippen LogP contribution in [0.25, 0.3) is 0 Å². The number of ether oxygens (including phenoxy) is 1. The number of fused-ring (bicyclic) bond motifs is 1. The van der Waals surface area contributed by atoms with Gasteiger partial charge in [0.1, 0.15) is 6.54 Å². The maximum absolute atomic E-state index is 13.1. The van der Waals surface area contributed by atoms with Crippen molar-refractivity contribution >= 4 is 5.91 Å². The van der Waals surface area contributed by atoms with E-state index in [9.17, 15) is 4.79 Å². The van der Waals surface area contributed by atoms with Crippen LogP contribution in [-0.4, -0.2) is 38.2 Å². The maximum Gasteiger partial charge on any atom is 0.275 e. The molecule has 1 aliphatic rings. The molecule has 0 radical (unpaired) electrons. The van der Waals surface area contributed by atoms with Crippen LogP contribution in [0.5, 0.6) is 0 Å². The third-order valence-corrected chi connectivity index (χ3v) is 4.34. The highest BCUT2D eigenvalue weighted by molar-refractivity contribution is 5.94. The molecule has 1 aliphatic heterocycles. The predicted octanol–water partition coefficient (Wildman–Crippen LogP) is 2.00. The highest BCUT2D eigenvalue weighted by Gasteiger charge is 2.33. The number of hydrogen-bond acceptors (Lipinski definition) is 5. The summed E-state index contributed by atoms with van der Waals surface area (Å²) in [5.41, 5.74) is 2.99. The van der Waals surface area contributed by atoms with Gasteiger partial charge in [-0.2, -0.15) is 10.4 Å². The summed E-state index contributed by atoms with van der Waals surface area (Å²) in [7, 11) is 1.82. The summed E-state index contributed by atoms with van der Waals surface area (Å²) >= 11 is 0. The van der Waals surface area contributed by atoms with Gasteiger partial charge >= 0.3 is 0 Å². The van der Waals surface area contributed by atoms with E-state index in [1.807, 2.05) is 39.1 Å². The second-order valence-corrected chi connectivity index (χ2v) is 6.27. The van der Waals surface area contributed by atoms with Crippen LogP contribution in [0.15, 0.2) is 24.4 Å². The molecule has 0 unspecified atom stereocenters. The van der Waals surface area contributed by atoms with Gasteiger partial charge in [0.05, 0.1) is 36.2 Å². The van der Waals surface area contributed by atoms with E-state index < -0.39 is 0 Å². The van der Waals surface area contributed by atoms with Crippen molar-refractivity contribution in [1.82, 2.24) is 19.7 Å². The SMILES string of the molecule is C[C@@H]1Cc2c(C(=O)N(CC#N)Cc3ccccn3)nn(C)c2[C@H](C)O1. The third kappa shape index (κ3) is 3.39. The number of carbonyl (C=O) groups excluding carboxylic acids is 1. The Bertz CT molecular complexity index is 809. The lowest BCUT2D eigenvalue weighted by Crippen LogP contribution is -2.33. The summed E-state index contributed by atoms with van der Waals surface area (Å²) in [6.07, 6.45) is 2.23. The predicted molar refractivity (Wildman–Crippen MR) is 90.5 cm³/mol. The Balaban J connectivity index is 1.93. The molecule has 0 spiro atoms. The van der Waals surface area contributed by atoms with E-state index in [4.69, 9.17) is 10.00 Å². The van der Waals surface area contributed by atoms with Gasteiger partial charge in [0.2, 0.25) is 0 Å². The second-order valence-electron chi connectivity index (χ2n) is 6.27. The molecule has 3 rings (SSSR count). The number of pyridine rings is 1. The minimum Gasteiger partial charge on any atom is -0.369 e. The average Bonchev–Trinajstić information content (AvgIpc) is 2.91. The molecule has 1 amide bonds. The fraction of sp³-hybridized carbons (Fsp3) is 0.444. The zero-order valence-corrected chi connectivity index (χ0v) is 14.6. The first-order valence-corrected chi connectivity index (χ1v) is 8.28. The molecule has 0 aliphatic carbocycles. The highest BCUT2D eigenvalue weighted by atomic mass is 16.5. The van der Waals surface area contributed by atoms with Crippen LogP contribution in [-0.2, 0) is 24.8 Å². The first kappa shape index (κ1) is 17.1. The van der Waals surface area contributed by atoms with Crippen molar-refractivity contribution in [2.24, 2.45) is 7.05 Å². The summed E-state index contributed by atoms with van der Waals surface area (Å²) in [4.78, 5) is 18.8. The van der Waals surface area contributed by atoms with Gasteiger partial charge in [0, 0.05) is 25.2 Å². The highest BCUT2D eigenvalue weighted by Crippen LogP contribution is 2.32. The first-order valence-electron chi connectivity index (χ1n) is 8.28. The number of aromatic nitrogens is 3. The zero-order valence-electron chi connectivity index (χ0n) is 14.6. The van der Waals surface area contributed by atoms with Gasteiger partial charge in [-0.25, -0.2) is 0 Å². The molecule has 25 heavy (non-hydrogen) atoms. The Morgan fingerprint density at radius 2 is 2.28 bits per heavy atom. The molecule has 130 valence electrons. The molecule has 0 bridgehead atoms. The lowest BCUT2D eigenvalue weighted by atomic mass is 9.99. The Labute approximate surface area is 146 Å². The van der Waals surface area contributed by atoms with Crippen molar-refractivity contribution in [2.45, 2.75) is 39.0 Å². The Morgan fingerprint density at radius 1 is 1.48 bits per heavy atom. The van der Waals surface area contributed by atoms with E-state index in [0.29, 0.717) is 12.1 Å². The van der Waals surface area contributed by atoms with Gasteiger partial charge in [-0.15, -0.1) is 0 Å². The fourth-order valence-electron chi connectivity index (χ4n) is 3.33. The Morgan fingerprint density at radius 3 is 2.96 bits per heavy atom. The maximum atomic E-state index is 13.1. The normalized spacial score (nSPS) is 19.1. The summed E-state index contributed by atoms with van der Waals surface area (Å²) in [5, 5.41) is 13.6. The molecule has 7 heteroatoms. The molecule has 0 saturated carbocycles. The van der Waals surface area contributed by atoms with Crippen molar-refractivity contribution in [3.05, 3.63) is 47.0 Å². The fourth-order valence-corrected chi connectivity index (χ4v) is 3.33. The van der Waals surface area contributed by atoms with Crippen molar-refractivity contribution in [3.8, 4) is 6.07 Å². The molecule has 0 saturated heterocycles. The number of nitrogens with zero attached hydrogens (tertiary/aromatic N) is 5. The van der Waals surface area contributed by atoms with Crippen LogP contribution in [0.2, 0.25) is 0 Å². The van der Waals surface area contributed by atoms with Crippen molar-refractivity contribution in [1.29, 1.82) is 5.26 Å². The quantitative estimate of drug-likeness (QED) is 0.796. The van der Waals surface area contributed by atoms with E-state index in [-0.39, 0.29) is 31.2 Å². The third-order valence-electron chi connectivity index (χ3n) is 4.34. The molecule has 2 aromatic heterocycles. The van der Waals surface area contributed by atoms with Gasteiger partial charge in [0.25, 0.3) is 5.91 Å². The average molecular weight is 339 g/mol. The molecule has 0 fully saturated rings. The van der Waals surface area contributed by atoms with E-state index >= 15 is 0 Å². The molecule has 7 nitrogen and oxygen atoms in total. The number of nitriles is 1. The van der Waals surface area contributed by atoms with Crippen molar-refractivity contribution in [3.63, 3.8) is 0 Å². The smallest absolute Gasteiger partial charge is 0.275 e. The van der Waals surface area contributed by atoms with E-state index in [0.717, 1.165) is 17.0 Å². The molecule has 3 heterocycles. The van der Waals surface area contributed by atoms with Crippen molar-refractivity contribution in [2.75, 3.05) is 6.54 Å². The molecular formula is C18H21N5O2. The number of amides is 1. The summed E-state index contributed by atoms with van der Waals surface area (Å²) < 4.78 is 7.55.